The zero-order valence-electron chi connectivity index (χ0n) is 8.47. The third-order valence-electron chi connectivity index (χ3n) is 3.15. The quantitative estimate of drug-likeness (QED) is 0.692. The minimum absolute atomic E-state index is 0.352. The molecule has 1 heterocycles. The largest absolute Gasteiger partial charge is 0.330 e. The standard InChI is InChI=1S/C10H22N2/c1-3-10(2,8-11)9-12-6-4-5-7-12/h3-9,11H2,1-2H3. The van der Waals surface area contributed by atoms with Gasteiger partial charge in [0.15, 0.2) is 0 Å². The van der Waals surface area contributed by atoms with Crippen LogP contribution in [-0.4, -0.2) is 31.1 Å². The van der Waals surface area contributed by atoms with E-state index in [0.717, 1.165) is 6.54 Å². The van der Waals surface area contributed by atoms with Crippen molar-refractivity contribution in [2.24, 2.45) is 11.1 Å². The fraction of sp³-hybridized carbons (Fsp3) is 1.00. The second kappa shape index (κ2) is 4.24. The van der Waals surface area contributed by atoms with Gasteiger partial charge < -0.3 is 10.6 Å². The molecule has 2 N–H and O–H groups in total. The third kappa shape index (κ3) is 2.46. The summed E-state index contributed by atoms with van der Waals surface area (Å²) in [5.41, 5.74) is 6.12. The lowest BCUT2D eigenvalue weighted by atomic mass is 9.87. The number of hydrogen-bond donors (Lipinski definition) is 1. The summed E-state index contributed by atoms with van der Waals surface area (Å²) in [6.45, 7) is 9.12. The van der Waals surface area contributed by atoms with Crippen molar-refractivity contribution in [2.75, 3.05) is 26.2 Å². The van der Waals surface area contributed by atoms with Gasteiger partial charge in [0.05, 0.1) is 0 Å². The summed E-state index contributed by atoms with van der Waals surface area (Å²) in [5, 5.41) is 0. The van der Waals surface area contributed by atoms with Crippen LogP contribution in [0.15, 0.2) is 0 Å². The van der Waals surface area contributed by atoms with Crippen molar-refractivity contribution in [3.63, 3.8) is 0 Å². The predicted octanol–water partition coefficient (Wildman–Crippen LogP) is 1.46. The van der Waals surface area contributed by atoms with Crippen molar-refractivity contribution in [3.05, 3.63) is 0 Å². The Morgan fingerprint density at radius 3 is 2.33 bits per heavy atom. The minimum Gasteiger partial charge on any atom is -0.330 e. The molecule has 0 aromatic rings. The van der Waals surface area contributed by atoms with Gasteiger partial charge in [-0.15, -0.1) is 0 Å². The Labute approximate surface area is 76.1 Å². The van der Waals surface area contributed by atoms with E-state index < -0.39 is 0 Å². The minimum atomic E-state index is 0.352. The molecule has 1 rings (SSSR count). The highest BCUT2D eigenvalue weighted by Gasteiger charge is 2.24. The van der Waals surface area contributed by atoms with E-state index in [1.54, 1.807) is 0 Å². The summed E-state index contributed by atoms with van der Waals surface area (Å²) in [6, 6.07) is 0. The maximum Gasteiger partial charge on any atom is 0.00473 e. The summed E-state index contributed by atoms with van der Waals surface area (Å²) in [4.78, 5) is 2.55. The average Bonchev–Trinajstić information content (AvgIpc) is 2.57. The van der Waals surface area contributed by atoms with E-state index in [9.17, 15) is 0 Å². The number of hydrogen-bond acceptors (Lipinski definition) is 2. The Kier molecular flexibility index (Phi) is 3.53. The van der Waals surface area contributed by atoms with Gasteiger partial charge in [-0.1, -0.05) is 13.8 Å². The van der Waals surface area contributed by atoms with Gasteiger partial charge in [-0.3, -0.25) is 0 Å². The molecule has 2 heteroatoms. The van der Waals surface area contributed by atoms with E-state index in [2.05, 4.69) is 18.7 Å². The van der Waals surface area contributed by atoms with E-state index >= 15 is 0 Å². The summed E-state index contributed by atoms with van der Waals surface area (Å²) in [7, 11) is 0. The van der Waals surface area contributed by atoms with Crippen molar-refractivity contribution < 1.29 is 0 Å². The second-order valence-electron chi connectivity index (χ2n) is 4.35. The normalized spacial score (nSPS) is 24.2. The molecule has 0 bridgehead atoms. The van der Waals surface area contributed by atoms with Gasteiger partial charge in [0.1, 0.15) is 0 Å². The Morgan fingerprint density at radius 1 is 1.33 bits per heavy atom. The summed E-state index contributed by atoms with van der Waals surface area (Å²) in [6.07, 6.45) is 3.95. The van der Waals surface area contributed by atoms with E-state index in [-0.39, 0.29) is 0 Å². The highest BCUT2D eigenvalue weighted by Crippen LogP contribution is 2.22. The monoisotopic (exact) mass is 170 g/mol. The van der Waals surface area contributed by atoms with Crippen molar-refractivity contribution >= 4 is 0 Å². The van der Waals surface area contributed by atoms with Crippen LogP contribution in [-0.2, 0) is 0 Å². The van der Waals surface area contributed by atoms with E-state index in [1.165, 1.54) is 38.9 Å². The Hall–Kier alpha value is -0.0800. The van der Waals surface area contributed by atoms with Crippen LogP contribution in [0.1, 0.15) is 33.1 Å². The van der Waals surface area contributed by atoms with Gasteiger partial charge in [-0.05, 0) is 44.3 Å². The fourth-order valence-electron chi connectivity index (χ4n) is 1.80. The van der Waals surface area contributed by atoms with Crippen LogP contribution in [0.4, 0.5) is 0 Å². The van der Waals surface area contributed by atoms with Crippen LogP contribution >= 0.6 is 0 Å². The predicted molar refractivity (Wildman–Crippen MR) is 53.1 cm³/mol. The molecule has 72 valence electrons. The Morgan fingerprint density at radius 2 is 1.92 bits per heavy atom. The number of likely N-dealkylation sites (tertiary alicyclic amines) is 1. The average molecular weight is 170 g/mol. The molecule has 2 nitrogen and oxygen atoms in total. The third-order valence-corrected chi connectivity index (χ3v) is 3.15. The lowest BCUT2D eigenvalue weighted by Gasteiger charge is -2.31. The number of nitrogens with two attached hydrogens (primary N) is 1. The van der Waals surface area contributed by atoms with Crippen LogP contribution < -0.4 is 5.73 Å². The van der Waals surface area contributed by atoms with Gasteiger partial charge in [-0.2, -0.15) is 0 Å². The van der Waals surface area contributed by atoms with Crippen molar-refractivity contribution in [1.82, 2.24) is 4.90 Å². The molecule has 1 aliphatic rings. The highest BCUT2D eigenvalue weighted by atomic mass is 15.1. The molecule has 1 saturated heterocycles. The summed E-state index contributed by atoms with van der Waals surface area (Å²) >= 11 is 0. The van der Waals surface area contributed by atoms with Crippen molar-refractivity contribution in [3.8, 4) is 0 Å². The van der Waals surface area contributed by atoms with Crippen LogP contribution in [0.5, 0.6) is 0 Å². The first-order valence-corrected chi connectivity index (χ1v) is 5.12. The Bertz CT molecular complexity index is 124. The molecule has 0 aromatic heterocycles. The first-order valence-electron chi connectivity index (χ1n) is 5.12. The molecule has 1 fully saturated rings. The molecular formula is C10H22N2. The van der Waals surface area contributed by atoms with Crippen molar-refractivity contribution in [2.45, 2.75) is 33.1 Å². The van der Waals surface area contributed by atoms with Gasteiger partial charge in [0.2, 0.25) is 0 Å². The van der Waals surface area contributed by atoms with Crippen LogP contribution in [0, 0.1) is 5.41 Å². The maximum atomic E-state index is 5.77. The van der Waals surface area contributed by atoms with Gasteiger partial charge in [-0.25, -0.2) is 0 Å². The molecule has 12 heavy (non-hydrogen) atoms. The van der Waals surface area contributed by atoms with E-state index in [1.807, 2.05) is 0 Å². The molecular weight excluding hydrogens is 148 g/mol. The highest BCUT2D eigenvalue weighted by molar-refractivity contribution is 4.80. The summed E-state index contributed by atoms with van der Waals surface area (Å²) < 4.78 is 0. The lowest BCUT2D eigenvalue weighted by Crippen LogP contribution is -2.39. The molecule has 0 aliphatic carbocycles. The number of nitrogens with zero attached hydrogens (tertiary/aromatic N) is 1. The zero-order valence-corrected chi connectivity index (χ0v) is 8.47. The van der Waals surface area contributed by atoms with Gasteiger partial charge >= 0.3 is 0 Å². The lowest BCUT2D eigenvalue weighted by molar-refractivity contribution is 0.192. The maximum absolute atomic E-state index is 5.77. The smallest absolute Gasteiger partial charge is 0.00473 e. The van der Waals surface area contributed by atoms with E-state index in [4.69, 9.17) is 5.73 Å². The van der Waals surface area contributed by atoms with Crippen LogP contribution in [0.2, 0.25) is 0 Å². The molecule has 1 atom stereocenters. The van der Waals surface area contributed by atoms with Crippen LogP contribution in [0.3, 0.4) is 0 Å². The fourth-order valence-corrected chi connectivity index (χ4v) is 1.80. The molecule has 1 unspecified atom stereocenters. The van der Waals surface area contributed by atoms with E-state index in [0.29, 0.717) is 5.41 Å². The first-order chi connectivity index (χ1) is 5.70. The second-order valence-corrected chi connectivity index (χ2v) is 4.35. The van der Waals surface area contributed by atoms with Gasteiger partial charge in [0, 0.05) is 6.54 Å². The first kappa shape index (κ1) is 10.0. The topological polar surface area (TPSA) is 29.3 Å². The SMILES string of the molecule is CCC(C)(CN)CN1CCCC1. The molecule has 1 aliphatic heterocycles. The molecule has 0 radical (unpaired) electrons. The van der Waals surface area contributed by atoms with Gasteiger partial charge in [0.25, 0.3) is 0 Å². The number of rotatable bonds is 4. The zero-order chi connectivity index (χ0) is 9.03. The molecule has 0 aromatic carbocycles. The molecule has 0 amide bonds. The molecule has 0 spiro atoms. The van der Waals surface area contributed by atoms with Crippen molar-refractivity contribution in [1.29, 1.82) is 0 Å². The Balaban J connectivity index is 2.35. The van der Waals surface area contributed by atoms with Crippen LogP contribution in [0.25, 0.3) is 0 Å². The summed E-state index contributed by atoms with van der Waals surface area (Å²) in [5.74, 6) is 0. The molecule has 0 saturated carbocycles.